The van der Waals surface area contributed by atoms with Crippen molar-refractivity contribution in [2.75, 3.05) is 5.75 Å². The molecule has 0 atom stereocenters. The number of aryl methyl sites for hydroxylation is 1. The van der Waals surface area contributed by atoms with E-state index in [4.69, 9.17) is 5.11 Å². The van der Waals surface area contributed by atoms with E-state index in [2.05, 4.69) is 15.3 Å². The maximum atomic E-state index is 10.4. The first-order valence-electron chi connectivity index (χ1n) is 5.41. The standard InChI is InChI=1S/C10H12N4O2S2/c1-2-14-5-3-7(13-14)9-11-12-10(18-9)17-6-4-8(15)16/h3,5H,2,4,6H2,1H3,(H,15,16). The molecule has 2 aromatic rings. The summed E-state index contributed by atoms with van der Waals surface area (Å²) in [6.45, 7) is 2.84. The molecule has 0 aliphatic carbocycles. The predicted molar refractivity (Wildman–Crippen MR) is 69.8 cm³/mol. The molecule has 0 radical (unpaired) electrons. The first-order chi connectivity index (χ1) is 8.69. The molecule has 0 amide bonds. The highest BCUT2D eigenvalue weighted by atomic mass is 32.2. The van der Waals surface area contributed by atoms with Crippen molar-refractivity contribution < 1.29 is 9.90 Å². The van der Waals surface area contributed by atoms with E-state index in [0.717, 1.165) is 21.6 Å². The maximum absolute atomic E-state index is 10.4. The van der Waals surface area contributed by atoms with Gasteiger partial charge >= 0.3 is 5.97 Å². The number of carboxylic acids is 1. The number of nitrogens with zero attached hydrogens (tertiary/aromatic N) is 4. The second-order valence-electron chi connectivity index (χ2n) is 3.42. The summed E-state index contributed by atoms with van der Waals surface area (Å²) in [4.78, 5) is 10.4. The highest BCUT2D eigenvalue weighted by molar-refractivity contribution is 8.01. The molecule has 6 nitrogen and oxygen atoms in total. The summed E-state index contributed by atoms with van der Waals surface area (Å²) in [7, 11) is 0. The van der Waals surface area contributed by atoms with Gasteiger partial charge in [-0.15, -0.1) is 10.2 Å². The zero-order valence-corrected chi connectivity index (χ0v) is 11.4. The molecule has 0 saturated heterocycles. The molecule has 1 N–H and O–H groups in total. The van der Waals surface area contributed by atoms with E-state index in [9.17, 15) is 4.79 Å². The second-order valence-corrected chi connectivity index (χ2v) is 5.74. The summed E-state index contributed by atoms with van der Waals surface area (Å²) in [6.07, 6.45) is 2.03. The molecular weight excluding hydrogens is 272 g/mol. The SMILES string of the molecule is CCn1ccc(-c2nnc(SCCC(=O)O)s2)n1. The second kappa shape index (κ2) is 5.96. The number of carboxylic acid groups (broad SMARTS) is 1. The fraction of sp³-hybridized carbons (Fsp3) is 0.400. The van der Waals surface area contributed by atoms with Gasteiger partial charge in [0, 0.05) is 18.5 Å². The van der Waals surface area contributed by atoms with Gasteiger partial charge in [0.15, 0.2) is 9.35 Å². The average molecular weight is 284 g/mol. The molecule has 2 aromatic heterocycles. The third kappa shape index (κ3) is 3.30. The first-order valence-corrected chi connectivity index (χ1v) is 7.21. The Balaban J connectivity index is 1.99. The molecule has 18 heavy (non-hydrogen) atoms. The number of hydrogen-bond donors (Lipinski definition) is 1. The number of aromatic nitrogens is 4. The Morgan fingerprint density at radius 2 is 2.39 bits per heavy atom. The maximum Gasteiger partial charge on any atom is 0.304 e. The third-order valence-corrected chi connectivity index (χ3v) is 4.21. The first kappa shape index (κ1) is 13.0. The van der Waals surface area contributed by atoms with E-state index in [1.54, 1.807) is 0 Å². The van der Waals surface area contributed by atoms with E-state index in [0.29, 0.717) is 5.75 Å². The molecule has 8 heteroatoms. The van der Waals surface area contributed by atoms with Gasteiger partial charge in [-0.2, -0.15) is 5.10 Å². The number of thioether (sulfide) groups is 1. The molecular formula is C10H12N4O2S2. The molecule has 0 bridgehead atoms. The van der Waals surface area contributed by atoms with Crippen molar-refractivity contribution in [1.29, 1.82) is 0 Å². The summed E-state index contributed by atoms with van der Waals surface area (Å²) in [5.74, 6) is -0.290. The number of carbonyl (C=O) groups is 1. The van der Waals surface area contributed by atoms with Crippen molar-refractivity contribution in [2.45, 2.75) is 24.2 Å². The van der Waals surface area contributed by atoms with Crippen LogP contribution in [0, 0.1) is 0 Å². The van der Waals surface area contributed by atoms with Gasteiger partial charge in [-0.25, -0.2) is 0 Å². The molecule has 0 unspecified atom stereocenters. The van der Waals surface area contributed by atoms with Crippen LogP contribution < -0.4 is 0 Å². The molecule has 0 aromatic carbocycles. The predicted octanol–water partition coefficient (Wildman–Crippen LogP) is 1.99. The van der Waals surface area contributed by atoms with Gasteiger partial charge in [-0.1, -0.05) is 23.1 Å². The monoisotopic (exact) mass is 284 g/mol. The highest BCUT2D eigenvalue weighted by Gasteiger charge is 2.10. The normalized spacial score (nSPS) is 10.7. The quantitative estimate of drug-likeness (QED) is 0.817. The van der Waals surface area contributed by atoms with Gasteiger partial charge in [0.05, 0.1) is 6.42 Å². The summed E-state index contributed by atoms with van der Waals surface area (Å²) in [5, 5.41) is 21.7. The lowest BCUT2D eigenvalue weighted by Gasteiger charge is -1.92. The van der Waals surface area contributed by atoms with Crippen LogP contribution in [0.2, 0.25) is 0 Å². The van der Waals surface area contributed by atoms with Crippen LogP contribution in [-0.2, 0) is 11.3 Å². The molecule has 0 fully saturated rings. The van der Waals surface area contributed by atoms with E-state index < -0.39 is 5.97 Å². The van der Waals surface area contributed by atoms with Crippen LogP contribution in [-0.4, -0.2) is 36.8 Å². The van der Waals surface area contributed by atoms with E-state index >= 15 is 0 Å². The van der Waals surface area contributed by atoms with Gasteiger partial charge in [-0.3, -0.25) is 9.48 Å². The van der Waals surface area contributed by atoms with E-state index in [1.165, 1.54) is 23.1 Å². The minimum absolute atomic E-state index is 0.129. The van der Waals surface area contributed by atoms with Crippen molar-refractivity contribution in [3.8, 4) is 10.7 Å². The molecule has 0 spiro atoms. The molecule has 0 aliphatic heterocycles. The number of aliphatic carboxylic acids is 1. The summed E-state index contributed by atoms with van der Waals surface area (Å²) >= 11 is 2.84. The van der Waals surface area contributed by atoms with Crippen LogP contribution in [0.25, 0.3) is 10.7 Å². The van der Waals surface area contributed by atoms with Gasteiger partial charge in [0.1, 0.15) is 5.69 Å². The van der Waals surface area contributed by atoms with Crippen molar-refractivity contribution in [3.63, 3.8) is 0 Å². The molecule has 0 aliphatic rings. The van der Waals surface area contributed by atoms with Gasteiger partial charge < -0.3 is 5.11 Å². The zero-order chi connectivity index (χ0) is 13.0. The van der Waals surface area contributed by atoms with Crippen LogP contribution >= 0.6 is 23.1 Å². The Morgan fingerprint density at radius 1 is 1.56 bits per heavy atom. The number of hydrogen-bond acceptors (Lipinski definition) is 6. The Morgan fingerprint density at radius 3 is 3.06 bits per heavy atom. The Kier molecular flexibility index (Phi) is 4.32. The van der Waals surface area contributed by atoms with Crippen molar-refractivity contribution in [1.82, 2.24) is 20.0 Å². The lowest BCUT2D eigenvalue weighted by Crippen LogP contribution is -1.95. The number of rotatable bonds is 6. The van der Waals surface area contributed by atoms with Crippen molar-refractivity contribution in [3.05, 3.63) is 12.3 Å². The van der Waals surface area contributed by atoms with Crippen LogP contribution in [0.5, 0.6) is 0 Å². The molecule has 96 valence electrons. The van der Waals surface area contributed by atoms with E-state index in [-0.39, 0.29) is 6.42 Å². The fourth-order valence-corrected chi connectivity index (χ4v) is 3.06. The van der Waals surface area contributed by atoms with Crippen LogP contribution in [0.15, 0.2) is 16.6 Å². The lowest BCUT2D eigenvalue weighted by molar-refractivity contribution is -0.136. The largest absolute Gasteiger partial charge is 0.481 e. The average Bonchev–Trinajstić information content (AvgIpc) is 2.95. The minimum atomic E-state index is -0.797. The zero-order valence-electron chi connectivity index (χ0n) is 9.74. The third-order valence-electron chi connectivity index (χ3n) is 2.13. The topological polar surface area (TPSA) is 80.9 Å². The fourth-order valence-electron chi connectivity index (χ4n) is 1.25. The van der Waals surface area contributed by atoms with Crippen LogP contribution in [0.4, 0.5) is 0 Å². The van der Waals surface area contributed by atoms with Crippen molar-refractivity contribution >= 4 is 29.1 Å². The van der Waals surface area contributed by atoms with E-state index in [1.807, 2.05) is 23.9 Å². The summed E-state index contributed by atoms with van der Waals surface area (Å²) in [5.41, 5.74) is 0.805. The van der Waals surface area contributed by atoms with Crippen LogP contribution in [0.3, 0.4) is 0 Å². The smallest absolute Gasteiger partial charge is 0.304 e. The van der Waals surface area contributed by atoms with Crippen molar-refractivity contribution in [2.24, 2.45) is 0 Å². The minimum Gasteiger partial charge on any atom is -0.481 e. The highest BCUT2D eigenvalue weighted by Crippen LogP contribution is 2.28. The van der Waals surface area contributed by atoms with Gasteiger partial charge in [0.2, 0.25) is 0 Å². The lowest BCUT2D eigenvalue weighted by atomic mass is 10.5. The molecule has 0 saturated carbocycles. The summed E-state index contributed by atoms with van der Waals surface area (Å²) in [6, 6.07) is 1.90. The molecule has 2 heterocycles. The van der Waals surface area contributed by atoms with Crippen LogP contribution in [0.1, 0.15) is 13.3 Å². The van der Waals surface area contributed by atoms with Gasteiger partial charge in [-0.05, 0) is 13.0 Å². The molecule has 2 rings (SSSR count). The summed E-state index contributed by atoms with van der Waals surface area (Å²) < 4.78 is 2.60. The van der Waals surface area contributed by atoms with Gasteiger partial charge in [0.25, 0.3) is 0 Å². The Hall–Kier alpha value is -1.41. The Labute approximate surface area is 112 Å². The Bertz CT molecular complexity index is 537.